The van der Waals surface area contributed by atoms with E-state index in [2.05, 4.69) is 212 Å². The Bertz CT molecular complexity index is 2970. The Morgan fingerprint density at radius 1 is 0.458 bits per heavy atom. The monoisotopic (exact) mass is 768 g/mol. The van der Waals surface area contributed by atoms with E-state index >= 15 is 0 Å². The normalized spacial score (nSPS) is 13.8. The molecule has 0 fully saturated rings. The van der Waals surface area contributed by atoms with Crippen molar-refractivity contribution >= 4 is 79.2 Å². The van der Waals surface area contributed by atoms with Crippen molar-refractivity contribution in [2.24, 2.45) is 0 Å². The van der Waals surface area contributed by atoms with Gasteiger partial charge in [-0.15, -0.1) is 0 Å². The van der Waals surface area contributed by atoms with E-state index < -0.39 is 0 Å². The van der Waals surface area contributed by atoms with E-state index in [9.17, 15) is 0 Å². The van der Waals surface area contributed by atoms with Crippen LogP contribution in [0.1, 0.15) is 84.6 Å². The zero-order valence-electron chi connectivity index (χ0n) is 36.2. The molecule has 3 nitrogen and oxygen atoms in total. The number of hydrogen-bond donors (Lipinski definition) is 0. The van der Waals surface area contributed by atoms with Gasteiger partial charge in [0.25, 0.3) is 6.71 Å². The highest BCUT2D eigenvalue weighted by molar-refractivity contribution is 7.00. The number of fused-ring (bicyclic) bond motifs is 7. The summed E-state index contributed by atoms with van der Waals surface area (Å²) in [5.74, 6) is 0. The van der Waals surface area contributed by atoms with Crippen LogP contribution < -0.4 is 26.2 Å². The highest BCUT2D eigenvalue weighted by Gasteiger charge is 2.44. The molecular formula is C55H53BN2O. The highest BCUT2D eigenvalue weighted by atomic mass is 16.3. The fraction of sp³-hybridized carbons (Fsp3) is 0.236. The van der Waals surface area contributed by atoms with Crippen LogP contribution in [0.5, 0.6) is 0 Å². The van der Waals surface area contributed by atoms with Crippen LogP contribution in [0.3, 0.4) is 0 Å². The van der Waals surface area contributed by atoms with E-state index in [0.29, 0.717) is 0 Å². The van der Waals surface area contributed by atoms with E-state index in [1.807, 2.05) is 6.07 Å². The Balaban J connectivity index is 1.25. The minimum absolute atomic E-state index is 0.00940. The molecular weight excluding hydrogens is 715 g/mol. The summed E-state index contributed by atoms with van der Waals surface area (Å²) in [6, 6.07) is 52.6. The molecule has 0 aliphatic carbocycles. The first kappa shape index (κ1) is 37.3. The number of anilines is 6. The van der Waals surface area contributed by atoms with Crippen molar-refractivity contribution < 1.29 is 4.42 Å². The third-order valence-electron chi connectivity index (χ3n) is 12.8. The number of para-hydroxylation sites is 2. The summed E-state index contributed by atoms with van der Waals surface area (Å²) in [5.41, 5.74) is 20.6. The third kappa shape index (κ3) is 6.02. The third-order valence-corrected chi connectivity index (χ3v) is 12.8. The van der Waals surface area contributed by atoms with Gasteiger partial charge in [0, 0.05) is 50.5 Å². The fourth-order valence-electron chi connectivity index (χ4n) is 9.53. The quantitative estimate of drug-likeness (QED) is 0.167. The number of aryl methyl sites for hydroxylation is 1. The summed E-state index contributed by atoms with van der Waals surface area (Å²) < 4.78 is 6.58. The Labute approximate surface area is 350 Å². The zero-order chi connectivity index (χ0) is 41.2. The van der Waals surface area contributed by atoms with Crippen LogP contribution in [-0.2, 0) is 16.2 Å². The maximum Gasteiger partial charge on any atom is 0.252 e. The predicted octanol–water partition coefficient (Wildman–Crippen LogP) is 13.5. The van der Waals surface area contributed by atoms with Crippen molar-refractivity contribution in [3.8, 4) is 11.1 Å². The lowest BCUT2D eigenvalue weighted by molar-refractivity contribution is 0.590. The van der Waals surface area contributed by atoms with E-state index in [0.717, 1.165) is 38.8 Å². The molecule has 59 heavy (non-hydrogen) atoms. The summed E-state index contributed by atoms with van der Waals surface area (Å²) in [7, 11) is 0. The van der Waals surface area contributed by atoms with Crippen LogP contribution in [0.2, 0.25) is 0 Å². The van der Waals surface area contributed by atoms with E-state index in [4.69, 9.17) is 4.42 Å². The molecule has 0 N–H and O–H groups in total. The number of nitrogens with zero attached hydrogens (tertiary/aromatic N) is 2. The van der Waals surface area contributed by atoms with E-state index in [1.165, 1.54) is 67.1 Å². The topological polar surface area (TPSA) is 19.6 Å². The summed E-state index contributed by atoms with van der Waals surface area (Å²) in [5, 5.41) is 2.28. The minimum atomic E-state index is -0.0208. The lowest BCUT2D eigenvalue weighted by Crippen LogP contribution is -2.61. The van der Waals surface area contributed by atoms with Crippen LogP contribution in [0.4, 0.5) is 34.1 Å². The molecule has 2 aliphatic heterocycles. The van der Waals surface area contributed by atoms with Gasteiger partial charge in [-0.2, -0.15) is 0 Å². The molecule has 3 heterocycles. The van der Waals surface area contributed by atoms with Gasteiger partial charge in [-0.1, -0.05) is 147 Å². The van der Waals surface area contributed by atoms with Gasteiger partial charge >= 0.3 is 0 Å². The standard InChI is InChI=1S/C55H53BN2O/c1-34-29-48-51-49(30-34)58(40-16-13-15-35(31-40)41-18-14-19-43-42-17-11-12-20-50(42)59-52(41)43)47-28-24-38(55(8,9)10)33-45(47)56(51)44-32-37(54(5,6)7)23-27-46(44)57(48)39-25-21-36(22-26-39)53(2,3)4/h11-33H,1-10H3. The minimum Gasteiger partial charge on any atom is -0.455 e. The number of rotatable bonds is 3. The maximum atomic E-state index is 6.58. The zero-order valence-corrected chi connectivity index (χ0v) is 36.2. The molecule has 0 unspecified atom stereocenters. The van der Waals surface area contributed by atoms with Gasteiger partial charge in [0.1, 0.15) is 11.2 Å². The molecule has 4 heteroatoms. The van der Waals surface area contributed by atoms with Crippen molar-refractivity contribution in [3.63, 3.8) is 0 Å². The summed E-state index contributed by atoms with van der Waals surface area (Å²) in [4.78, 5) is 5.07. The fourth-order valence-corrected chi connectivity index (χ4v) is 9.53. The van der Waals surface area contributed by atoms with Crippen molar-refractivity contribution in [2.45, 2.75) is 85.5 Å². The molecule has 0 bridgehead atoms. The summed E-state index contributed by atoms with van der Waals surface area (Å²) >= 11 is 0. The molecule has 0 radical (unpaired) electrons. The molecule has 2 aliphatic rings. The van der Waals surface area contributed by atoms with Crippen LogP contribution in [0.25, 0.3) is 33.1 Å². The van der Waals surface area contributed by atoms with Crippen LogP contribution in [0.15, 0.2) is 144 Å². The van der Waals surface area contributed by atoms with E-state index in [-0.39, 0.29) is 23.0 Å². The van der Waals surface area contributed by atoms with Gasteiger partial charge in [-0.05, 0) is 122 Å². The largest absolute Gasteiger partial charge is 0.455 e. The molecule has 0 saturated carbocycles. The molecule has 7 aromatic carbocycles. The predicted molar refractivity (Wildman–Crippen MR) is 254 cm³/mol. The summed E-state index contributed by atoms with van der Waals surface area (Å²) in [6.45, 7) is 23.1. The second-order valence-corrected chi connectivity index (χ2v) is 20.0. The SMILES string of the molecule is Cc1cc2c3c(c1)N(c1cccc(-c4cccc5c4oc4ccccc45)c1)c1ccc(C(C)(C)C)cc1B3c1cc(C(C)(C)C)ccc1N2c1ccc(C(C)(C)C)cc1. The lowest BCUT2D eigenvalue weighted by Gasteiger charge is -2.45. The van der Waals surface area contributed by atoms with Crippen LogP contribution in [0, 0.1) is 6.92 Å². The molecule has 1 aromatic heterocycles. The Kier molecular flexibility index (Phi) is 8.22. The molecule has 0 atom stereocenters. The molecule has 0 saturated heterocycles. The molecule has 0 amide bonds. The number of furan rings is 1. The van der Waals surface area contributed by atoms with Gasteiger partial charge in [0.15, 0.2) is 0 Å². The average Bonchev–Trinajstić information content (AvgIpc) is 3.58. The van der Waals surface area contributed by atoms with Gasteiger partial charge in [-0.25, -0.2) is 0 Å². The van der Waals surface area contributed by atoms with Gasteiger partial charge in [0.2, 0.25) is 0 Å². The van der Waals surface area contributed by atoms with Crippen molar-refractivity contribution in [1.29, 1.82) is 0 Å². The molecule has 10 rings (SSSR count). The Morgan fingerprint density at radius 3 is 1.61 bits per heavy atom. The Morgan fingerprint density at radius 2 is 1.00 bits per heavy atom. The van der Waals surface area contributed by atoms with Crippen molar-refractivity contribution in [1.82, 2.24) is 0 Å². The highest BCUT2D eigenvalue weighted by Crippen LogP contribution is 2.47. The molecule has 8 aromatic rings. The smallest absolute Gasteiger partial charge is 0.252 e. The maximum absolute atomic E-state index is 6.58. The Hall–Kier alpha value is -6.00. The first-order valence-electron chi connectivity index (χ1n) is 21.2. The van der Waals surface area contributed by atoms with Gasteiger partial charge in [-0.3, -0.25) is 0 Å². The van der Waals surface area contributed by atoms with Crippen LogP contribution in [-0.4, -0.2) is 6.71 Å². The summed E-state index contributed by atoms with van der Waals surface area (Å²) in [6.07, 6.45) is 0. The van der Waals surface area contributed by atoms with E-state index in [1.54, 1.807) is 0 Å². The van der Waals surface area contributed by atoms with Crippen molar-refractivity contribution in [2.75, 3.05) is 9.80 Å². The first-order valence-corrected chi connectivity index (χ1v) is 21.2. The van der Waals surface area contributed by atoms with Crippen LogP contribution >= 0.6 is 0 Å². The first-order chi connectivity index (χ1) is 28.1. The second kappa shape index (κ2) is 13.0. The van der Waals surface area contributed by atoms with Crippen molar-refractivity contribution in [3.05, 3.63) is 162 Å². The lowest BCUT2D eigenvalue weighted by atomic mass is 9.33. The van der Waals surface area contributed by atoms with Gasteiger partial charge in [0.05, 0.1) is 0 Å². The number of benzene rings is 7. The average molecular weight is 769 g/mol. The molecule has 292 valence electrons. The molecule has 0 spiro atoms. The van der Waals surface area contributed by atoms with Gasteiger partial charge < -0.3 is 14.2 Å². The number of hydrogen-bond acceptors (Lipinski definition) is 3. The second-order valence-electron chi connectivity index (χ2n) is 20.0.